The summed E-state index contributed by atoms with van der Waals surface area (Å²) in [4.78, 5) is 22.2. The van der Waals surface area contributed by atoms with Crippen molar-refractivity contribution >= 4 is 11.8 Å². The van der Waals surface area contributed by atoms with Crippen molar-refractivity contribution in [1.29, 1.82) is 0 Å². The molecule has 0 aromatic heterocycles. The van der Waals surface area contributed by atoms with E-state index >= 15 is 0 Å². The van der Waals surface area contributed by atoms with Crippen LogP contribution >= 0.6 is 0 Å². The Kier molecular flexibility index (Phi) is 5.12. The van der Waals surface area contributed by atoms with E-state index in [2.05, 4.69) is 19.9 Å². The van der Waals surface area contributed by atoms with Crippen molar-refractivity contribution in [2.75, 3.05) is 0 Å². The number of cyclic esters (lactones) is 1. The topological polar surface area (TPSA) is 43.4 Å². The average Bonchev–Trinajstić information content (AvgIpc) is 2.58. The molecule has 3 heteroatoms. The summed E-state index contributed by atoms with van der Waals surface area (Å²) in [6, 6.07) is 0. The Morgan fingerprint density at radius 3 is 2.61 bits per heavy atom. The van der Waals surface area contributed by atoms with Crippen LogP contribution in [0.3, 0.4) is 0 Å². The minimum atomic E-state index is -0.444. The summed E-state index contributed by atoms with van der Waals surface area (Å²) in [6.07, 6.45) is 6.85. The summed E-state index contributed by atoms with van der Waals surface area (Å²) in [5, 5.41) is 0. The number of ketones is 1. The monoisotopic (exact) mass is 252 g/mol. The molecule has 1 rings (SSSR count). The van der Waals surface area contributed by atoms with Crippen molar-refractivity contribution in [3.63, 3.8) is 0 Å². The van der Waals surface area contributed by atoms with E-state index in [9.17, 15) is 9.59 Å². The maximum absolute atomic E-state index is 11.2. The van der Waals surface area contributed by atoms with Gasteiger partial charge in [0.25, 0.3) is 0 Å². The van der Waals surface area contributed by atoms with E-state index in [0.29, 0.717) is 24.7 Å². The zero-order chi connectivity index (χ0) is 13.8. The van der Waals surface area contributed by atoms with Gasteiger partial charge in [0.2, 0.25) is 0 Å². The molecule has 0 spiro atoms. The van der Waals surface area contributed by atoms with Gasteiger partial charge in [0.1, 0.15) is 11.4 Å². The average molecular weight is 252 g/mol. The third-order valence-corrected chi connectivity index (χ3v) is 3.55. The van der Waals surface area contributed by atoms with Crippen molar-refractivity contribution in [3.8, 4) is 0 Å². The van der Waals surface area contributed by atoms with Crippen LogP contribution in [0.25, 0.3) is 0 Å². The van der Waals surface area contributed by atoms with Crippen LogP contribution in [0.1, 0.15) is 53.4 Å². The van der Waals surface area contributed by atoms with Gasteiger partial charge in [-0.25, -0.2) is 0 Å². The Hall–Kier alpha value is -1.12. The smallest absolute Gasteiger partial charge is 0.306 e. The van der Waals surface area contributed by atoms with E-state index in [4.69, 9.17) is 4.74 Å². The Balaban J connectivity index is 2.59. The third-order valence-electron chi connectivity index (χ3n) is 3.55. The number of rotatable bonds is 6. The van der Waals surface area contributed by atoms with Crippen LogP contribution < -0.4 is 0 Å². The second-order valence-corrected chi connectivity index (χ2v) is 5.79. The van der Waals surface area contributed by atoms with E-state index in [1.807, 2.05) is 13.0 Å². The molecule has 3 nitrogen and oxygen atoms in total. The summed E-state index contributed by atoms with van der Waals surface area (Å²) in [5.74, 6) is 0.964. The molecule has 2 atom stereocenters. The molecule has 0 amide bonds. The SMILES string of the molecule is CC(=O)CC[C@@H](/C=C/[C@@]1(C)CCC(=O)O1)C(C)C. The maximum Gasteiger partial charge on any atom is 0.306 e. The van der Waals surface area contributed by atoms with Crippen molar-refractivity contribution in [2.45, 2.75) is 59.0 Å². The van der Waals surface area contributed by atoms with E-state index < -0.39 is 5.60 Å². The van der Waals surface area contributed by atoms with Crippen molar-refractivity contribution in [1.82, 2.24) is 0 Å². The van der Waals surface area contributed by atoms with E-state index in [1.165, 1.54) is 0 Å². The highest BCUT2D eigenvalue weighted by Crippen LogP contribution is 2.29. The molecule has 0 aliphatic carbocycles. The highest BCUT2D eigenvalue weighted by molar-refractivity contribution is 5.75. The van der Waals surface area contributed by atoms with Crippen LogP contribution in [0.15, 0.2) is 12.2 Å². The Morgan fingerprint density at radius 2 is 2.17 bits per heavy atom. The van der Waals surface area contributed by atoms with Crippen LogP contribution in [0, 0.1) is 11.8 Å². The van der Waals surface area contributed by atoms with Crippen LogP contribution in [0.4, 0.5) is 0 Å². The molecule has 0 aromatic rings. The Morgan fingerprint density at radius 1 is 1.50 bits per heavy atom. The summed E-state index contributed by atoms with van der Waals surface area (Å²) in [6.45, 7) is 7.87. The Bertz CT molecular complexity index is 344. The molecular formula is C15H24O3. The molecule has 1 heterocycles. The van der Waals surface area contributed by atoms with Gasteiger partial charge in [-0.05, 0) is 38.2 Å². The fraction of sp³-hybridized carbons (Fsp3) is 0.733. The number of hydrogen-bond donors (Lipinski definition) is 0. The Labute approximate surface area is 110 Å². The standard InChI is InChI=1S/C15H24O3/c1-11(2)13(6-5-12(3)16)7-9-15(4)10-8-14(17)18-15/h7,9,11,13H,5-6,8,10H2,1-4H3/b9-7+/t13-,15-/m0/s1. The lowest BCUT2D eigenvalue weighted by molar-refractivity contribution is -0.144. The molecule has 1 aliphatic heterocycles. The van der Waals surface area contributed by atoms with Crippen LogP contribution in [-0.2, 0) is 14.3 Å². The first kappa shape index (κ1) is 14.9. The third kappa shape index (κ3) is 4.63. The molecule has 18 heavy (non-hydrogen) atoms. The molecule has 0 N–H and O–H groups in total. The largest absolute Gasteiger partial charge is 0.455 e. The second-order valence-electron chi connectivity index (χ2n) is 5.79. The number of Topliss-reactive ketones (excluding diaryl/α,β-unsaturated/α-hetero) is 1. The molecule has 1 saturated heterocycles. The molecular weight excluding hydrogens is 228 g/mol. The first-order chi connectivity index (χ1) is 8.32. The van der Waals surface area contributed by atoms with Gasteiger partial charge < -0.3 is 9.53 Å². The zero-order valence-corrected chi connectivity index (χ0v) is 11.9. The molecule has 1 aliphatic rings. The van der Waals surface area contributed by atoms with Gasteiger partial charge >= 0.3 is 5.97 Å². The maximum atomic E-state index is 11.2. The fourth-order valence-corrected chi connectivity index (χ4v) is 2.18. The fourth-order valence-electron chi connectivity index (χ4n) is 2.18. The molecule has 0 saturated carbocycles. The van der Waals surface area contributed by atoms with E-state index in [0.717, 1.165) is 12.8 Å². The lowest BCUT2D eigenvalue weighted by Gasteiger charge is -2.21. The normalized spacial score (nSPS) is 25.7. The number of allylic oxidation sites excluding steroid dienone is 1. The lowest BCUT2D eigenvalue weighted by atomic mass is 9.88. The van der Waals surface area contributed by atoms with Crippen molar-refractivity contribution < 1.29 is 14.3 Å². The quantitative estimate of drug-likeness (QED) is 0.538. The summed E-state index contributed by atoms with van der Waals surface area (Å²) in [7, 11) is 0. The summed E-state index contributed by atoms with van der Waals surface area (Å²) >= 11 is 0. The molecule has 0 bridgehead atoms. The molecule has 0 unspecified atom stereocenters. The molecule has 102 valence electrons. The number of hydrogen-bond acceptors (Lipinski definition) is 3. The lowest BCUT2D eigenvalue weighted by Crippen LogP contribution is -2.21. The zero-order valence-electron chi connectivity index (χ0n) is 11.9. The predicted octanol–water partition coefficient (Wildman–Crippen LogP) is 3.28. The van der Waals surface area contributed by atoms with Gasteiger partial charge in [-0.2, -0.15) is 0 Å². The van der Waals surface area contributed by atoms with Crippen molar-refractivity contribution in [3.05, 3.63) is 12.2 Å². The van der Waals surface area contributed by atoms with Gasteiger partial charge in [0, 0.05) is 19.3 Å². The van der Waals surface area contributed by atoms with Gasteiger partial charge in [0.05, 0.1) is 0 Å². The van der Waals surface area contributed by atoms with Crippen LogP contribution in [0.2, 0.25) is 0 Å². The number of carbonyl (C=O) groups excluding carboxylic acids is 2. The van der Waals surface area contributed by atoms with Gasteiger partial charge in [-0.1, -0.05) is 19.9 Å². The number of carbonyl (C=O) groups is 2. The van der Waals surface area contributed by atoms with Crippen LogP contribution in [0.5, 0.6) is 0 Å². The molecule has 0 radical (unpaired) electrons. The highest BCUT2D eigenvalue weighted by atomic mass is 16.6. The number of esters is 1. The van der Waals surface area contributed by atoms with Crippen molar-refractivity contribution in [2.24, 2.45) is 11.8 Å². The van der Waals surface area contributed by atoms with Gasteiger partial charge in [0.15, 0.2) is 0 Å². The van der Waals surface area contributed by atoms with Gasteiger partial charge in [-0.3, -0.25) is 4.79 Å². The van der Waals surface area contributed by atoms with E-state index in [-0.39, 0.29) is 11.8 Å². The molecule has 1 fully saturated rings. The van der Waals surface area contributed by atoms with E-state index in [1.54, 1.807) is 6.92 Å². The number of ether oxygens (including phenoxy) is 1. The second kappa shape index (κ2) is 6.17. The first-order valence-electron chi connectivity index (χ1n) is 6.73. The molecule has 0 aromatic carbocycles. The summed E-state index contributed by atoms with van der Waals surface area (Å²) < 4.78 is 5.31. The van der Waals surface area contributed by atoms with Gasteiger partial charge in [-0.15, -0.1) is 0 Å². The highest BCUT2D eigenvalue weighted by Gasteiger charge is 2.33. The minimum absolute atomic E-state index is 0.119. The summed E-state index contributed by atoms with van der Waals surface area (Å²) in [5.41, 5.74) is -0.444. The first-order valence-corrected chi connectivity index (χ1v) is 6.73. The predicted molar refractivity (Wildman–Crippen MR) is 71.1 cm³/mol. The minimum Gasteiger partial charge on any atom is -0.455 e. The van der Waals surface area contributed by atoms with Crippen LogP contribution in [-0.4, -0.2) is 17.4 Å².